The van der Waals surface area contributed by atoms with Crippen molar-refractivity contribution in [2.45, 2.75) is 55.6 Å². The zero-order chi connectivity index (χ0) is 30.2. The topological polar surface area (TPSA) is 117 Å². The van der Waals surface area contributed by atoms with Gasteiger partial charge in [-0.15, -0.1) is 0 Å². The summed E-state index contributed by atoms with van der Waals surface area (Å²) < 4.78 is 43.9. The molecule has 2 N–H and O–H groups in total. The number of aromatic amines is 1. The molecule has 1 spiro atoms. The van der Waals surface area contributed by atoms with E-state index in [9.17, 15) is 14.4 Å². The summed E-state index contributed by atoms with van der Waals surface area (Å²) in [5, 5.41) is 9.67. The summed E-state index contributed by atoms with van der Waals surface area (Å²) in [5.74, 6) is -3.73. The molecule has 5 aliphatic rings. The molecule has 44 heavy (non-hydrogen) atoms. The Kier molecular flexibility index (Phi) is 6.18. The molecule has 10 nitrogen and oxygen atoms in total. The van der Waals surface area contributed by atoms with Crippen LogP contribution in [0.3, 0.4) is 0 Å². The number of ether oxygens (including phenoxy) is 2. The van der Waals surface area contributed by atoms with E-state index in [-0.39, 0.29) is 50.1 Å². The number of halogens is 2. The van der Waals surface area contributed by atoms with E-state index in [0.717, 1.165) is 22.4 Å². The Morgan fingerprint density at radius 3 is 2.73 bits per heavy atom. The molecule has 3 aromatic rings. The Labute approximate surface area is 251 Å². The van der Waals surface area contributed by atoms with E-state index in [1.807, 2.05) is 30.5 Å². The number of H-pyrrole nitrogens is 1. The number of aromatic nitrogens is 2. The third kappa shape index (κ3) is 4.11. The smallest absolute Gasteiger partial charge is 0.273 e. The number of benzene rings is 2. The van der Waals surface area contributed by atoms with Crippen molar-refractivity contribution in [3.05, 3.63) is 70.5 Å². The van der Waals surface area contributed by atoms with Crippen LogP contribution in [0.1, 0.15) is 57.9 Å². The molecular weight excluding hydrogens is 572 g/mol. The molecule has 0 bridgehead atoms. The van der Waals surface area contributed by atoms with Crippen LogP contribution >= 0.6 is 0 Å². The second kappa shape index (κ2) is 9.93. The number of nitrogens with one attached hydrogen (secondary N) is 2. The Balaban J connectivity index is 1.01. The van der Waals surface area contributed by atoms with Crippen molar-refractivity contribution in [2.24, 2.45) is 0 Å². The van der Waals surface area contributed by atoms with Crippen LogP contribution in [0.25, 0.3) is 11.1 Å². The summed E-state index contributed by atoms with van der Waals surface area (Å²) >= 11 is 0. The van der Waals surface area contributed by atoms with Gasteiger partial charge in [0.05, 0.1) is 43.3 Å². The highest BCUT2D eigenvalue weighted by molar-refractivity contribution is 6.05. The van der Waals surface area contributed by atoms with Crippen molar-refractivity contribution in [3.63, 3.8) is 0 Å². The van der Waals surface area contributed by atoms with Gasteiger partial charge in [0, 0.05) is 41.4 Å². The average molecular weight is 604 g/mol. The van der Waals surface area contributed by atoms with Crippen LogP contribution in [0.4, 0.5) is 8.78 Å². The van der Waals surface area contributed by atoms with E-state index in [1.165, 1.54) is 4.90 Å². The molecule has 1 aromatic heterocycles. The normalized spacial score (nSPS) is 26.4. The Morgan fingerprint density at radius 2 is 1.95 bits per heavy atom. The molecule has 0 unspecified atom stereocenters. The number of imide groups is 1. The number of likely N-dealkylation sites (tertiary alicyclic amines) is 1. The minimum Gasteiger partial charge on any atom is -0.492 e. The maximum Gasteiger partial charge on any atom is 0.273 e. The number of rotatable bonds is 5. The van der Waals surface area contributed by atoms with Gasteiger partial charge in [-0.25, -0.2) is 8.78 Å². The molecule has 0 radical (unpaired) electrons. The van der Waals surface area contributed by atoms with Gasteiger partial charge in [-0.3, -0.25) is 29.7 Å². The standard InChI is InChI=1S/C32H31F2N5O5/c33-32(34)16-38(12-18-2-1-3-19(10-18)22-11-35-37-27(22)20-14-43-15-20)9-8-31(32)17-44-28-23-13-39(25-6-7-26(40)36-29(25)41)30(42)21(23)4-5-24(28)31/h1-5,10-11,20,25H,6-9,12-17H2,(H,35,37)(H,36,40,41)/t25-,31+/m0/s1. The van der Waals surface area contributed by atoms with Crippen LogP contribution in [0.5, 0.6) is 5.75 Å². The van der Waals surface area contributed by atoms with E-state index in [4.69, 9.17) is 9.47 Å². The Bertz CT molecular complexity index is 1700. The number of piperidine rings is 2. The summed E-state index contributed by atoms with van der Waals surface area (Å²) in [7, 11) is 0. The van der Waals surface area contributed by atoms with Gasteiger partial charge >= 0.3 is 0 Å². The van der Waals surface area contributed by atoms with Crippen LogP contribution in [-0.2, 0) is 32.8 Å². The number of alkyl halides is 2. The van der Waals surface area contributed by atoms with Crippen molar-refractivity contribution in [2.75, 3.05) is 32.9 Å². The largest absolute Gasteiger partial charge is 0.492 e. The molecule has 3 amide bonds. The van der Waals surface area contributed by atoms with Gasteiger partial charge in [0.2, 0.25) is 11.8 Å². The highest BCUT2D eigenvalue weighted by Gasteiger charge is 2.62. The summed E-state index contributed by atoms with van der Waals surface area (Å²) in [5.41, 5.74) is 3.72. The molecular formula is C32H31F2N5O5. The van der Waals surface area contributed by atoms with Crippen LogP contribution < -0.4 is 10.1 Å². The van der Waals surface area contributed by atoms with E-state index >= 15 is 8.78 Å². The molecule has 12 heteroatoms. The molecule has 2 atom stereocenters. The third-order valence-electron chi connectivity index (χ3n) is 9.96. The number of amides is 3. The second-order valence-electron chi connectivity index (χ2n) is 12.5. The van der Waals surface area contributed by atoms with E-state index in [0.29, 0.717) is 48.7 Å². The minimum atomic E-state index is -3.09. The predicted molar refractivity (Wildman–Crippen MR) is 152 cm³/mol. The average Bonchev–Trinajstić information content (AvgIpc) is 3.67. The molecule has 0 saturated carbocycles. The molecule has 5 aliphatic heterocycles. The van der Waals surface area contributed by atoms with Crippen molar-refractivity contribution in [3.8, 4) is 16.9 Å². The fourth-order valence-corrected chi connectivity index (χ4v) is 7.45. The highest BCUT2D eigenvalue weighted by Crippen LogP contribution is 2.55. The van der Waals surface area contributed by atoms with Gasteiger partial charge in [-0.05, 0) is 42.6 Å². The Morgan fingerprint density at radius 1 is 1.09 bits per heavy atom. The third-order valence-corrected chi connectivity index (χ3v) is 9.96. The minimum absolute atomic E-state index is 0.0832. The first-order valence-electron chi connectivity index (χ1n) is 15.0. The first-order chi connectivity index (χ1) is 21.2. The molecule has 3 fully saturated rings. The van der Waals surface area contributed by atoms with Crippen molar-refractivity contribution in [1.29, 1.82) is 0 Å². The number of hydrogen-bond donors (Lipinski definition) is 2. The monoisotopic (exact) mass is 603 g/mol. The summed E-state index contributed by atoms with van der Waals surface area (Å²) in [6.07, 6.45) is 2.44. The summed E-state index contributed by atoms with van der Waals surface area (Å²) in [6, 6.07) is 10.4. The highest BCUT2D eigenvalue weighted by atomic mass is 19.3. The van der Waals surface area contributed by atoms with E-state index in [2.05, 4.69) is 15.5 Å². The Hall–Kier alpha value is -4.16. The zero-order valence-electron chi connectivity index (χ0n) is 23.9. The number of carbonyl (C=O) groups is 3. The zero-order valence-corrected chi connectivity index (χ0v) is 23.9. The predicted octanol–water partition coefficient (Wildman–Crippen LogP) is 3.12. The van der Waals surface area contributed by atoms with Gasteiger partial charge < -0.3 is 14.4 Å². The lowest BCUT2D eigenvalue weighted by atomic mass is 9.71. The van der Waals surface area contributed by atoms with Crippen LogP contribution in [0.15, 0.2) is 42.6 Å². The van der Waals surface area contributed by atoms with Gasteiger partial charge in [-0.2, -0.15) is 5.10 Å². The van der Waals surface area contributed by atoms with Crippen molar-refractivity contribution in [1.82, 2.24) is 25.3 Å². The molecule has 3 saturated heterocycles. The summed E-state index contributed by atoms with van der Waals surface area (Å²) in [6.45, 7) is 1.62. The SMILES string of the molecule is O=C1CC[C@H](N2Cc3c(ccc4c3OC[C@]43CCN(Cc4cccc(-c5c[nH]nc5C5COC5)c4)CC3(F)F)C2=O)C(=O)N1. The van der Waals surface area contributed by atoms with Gasteiger partial charge in [-0.1, -0.05) is 24.3 Å². The van der Waals surface area contributed by atoms with Crippen LogP contribution in [0.2, 0.25) is 0 Å². The first-order valence-corrected chi connectivity index (χ1v) is 15.0. The summed E-state index contributed by atoms with van der Waals surface area (Å²) in [4.78, 5) is 40.5. The quantitative estimate of drug-likeness (QED) is 0.431. The fraction of sp³-hybridized carbons (Fsp3) is 0.438. The van der Waals surface area contributed by atoms with Gasteiger partial charge in [0.25, 0.3) is 11.8 Å². The lowest BCUT2D eigenvalue weighted by Crippen LogP contribution is -2.58. The maximum atomic E-state index is 16.3. The number of nitrogens with zero attached hydrogens (tertiary/aromatic N) is 3. The van der Waals surface area contributed by atoms with E-state index in [1.54, 1.807) is 17.0 Å². The van der Waals surface area contributed by atoms with E-state index < -0.39 is 29.8 Å². The van der Waals surface area contributed by atoms with Crippen molar-refractivity contribution < 1.29 is 32.6 Å². The fourth-order valence-electron chi connectivity index (χ4n) is 7.45. The number of hydrogen-bond acceptors (Lipinski definition) is 7. The molecule has 6 heterocycles. The van der Waals surface area contributed by atoms with Crippen LogP contribution in [-0.4, -0.2) is 82.6 Å². The van der Waals surface area contributed by atoms with Crippen molar-refractivity contribution >= 4 is 17.7 Å². The molecule has 228 valence electrons. The molecule has 0 aliphatic carbocycles. The number of fused-ring (bicyclic) bond motifs is 4. The maximum absolute atomic E-state index is 16.3. The van der Waals surface area contributed by atoms with Gasteiger partial charge in [0.1, 0.15) is 18.4 Å². The van der Waals surface area contributed by atoms with Crippen LogP contribution in [0, 0.1) is 0 Å². The molecule has 2 aromatic carbocycles. The number of carbonyl (C=O) groups excluding carboxylic acids is 3. The van der Waals surface area contributed by atoms with Gasteiger partial charge in [0.15, 0.2) is 0 Å². The second-order valence-corrected chi connectivity index (χ2v) is 12.5. The lowest BCUT2D eigenvalue weighted by Gasteiger charge is -2.44. The molecule has 8 rings (SSSR count). The lowest BCUT2D eigenvalue weighted by molar-refractivity contribution is -0.137. The first kappa shape index (κ1) is 27.4.